The molecule has 2 aromatic carbocycles. The first-order valence-corrected chi connectivity index (χ1v) is 13.0. The van der Waals surface area contributed by atoms with Gasteiger partial charge >= 0.3 is 5.97 Å². The van der Waals surface area contributed by atoms with Crippen LogP contribution in [-0.4, -0.2) is 47.7 Å². The van der Waals surface area contributed by atoms with Crippen molar-refractivity contribution in [3.05, 3.63) is 71.4 Å². The van der Waals surface area contributed by atoms with E-state index in [9.17, 15) is 9.90 Å². The van der Waals surface area contributed by atoms with Gasteiger partial charge in [-0.2, -0.15) is 0 Å². The highest BCUT2D eigenvalue weighted by atomic mass is 19.1. The van der Waals surface area contributed by atoms with Gasteiger partial charge in [0.25, 0.3) is 0 Å². The number of carboxylic acids is 1. The molecule has 1 saturated heterocycles. The number of ether oxygens (including phenoxy) is 1. The summed E-state index contributed by atoms with van der Waals surface area (Å²) in [5.74, 6) is -0.552. The van der Waals surface area contributed by atoms with Gasteiger partial charge in [0.05, 0.1) is 18.5 Å². The maximum atomic E-state index is 15.4. The van der Waals surface area contributed by atoms with Crippen molar-refractivity contribution >= 4 is 16.9 Å². The van der Waals surface area contributed by atoms with Crippen LogP contribution in [0.2, 0.25) is 0 Å². The SMILES string of the molecule is COc1ccc2nccc([C@@H](F)CC[C@@H]3CCN(CCCCc4ccccc4C)C[C@@H]3C(=O)O)c2c1. The quantitative estimate of drug-likeness (QED) is 0.314. The highest BCUT2D eigenvalue weighted by Crippen LogP contribution is 2.35. The molecule has 2 heterocycles. The van der Waals surface area contributed by atoms with Crippen molar-refractivity contribution in [2.24, 2.45) is 11.8 Å². The largest absolute Gasteiger partial charge is 0.497 e. The highest BCUT2D eigenvalue weighted by Gasteiger charge is 2.34. The Bertz CT molecular complexity index is 1170. The van der Waals surface area contributed by atoms with Gasteiger partial charge in [-0.3, -0.25) is 9.78 Å². The summed E-state index contributed by atoms with van der Waals surface area (Å²) in [6, 6.07) is 15.7. The van der Waals surface area contributed by atoms with Crippen LogP contribution in [0.15, 0.2) is 54.7 Å². The number of pyridine rings is 1. The molecule has 1 aromatic heterocycles. The Morgan fingerprint density at radius 2 is 2.06 bits per heavy atom. The normalized spacial score (nSPS) is 19.3. The van der Waals surface area contributed by atoms with Crippen molar-refractivity contribution in [2.75, 3.05) is 26.7 Å². The average molecular weight is 493 g/mol. The molecule has 1 N–H and O–H groups in total. The molecule has 1 fully saturated rings. The van der Waals surface area contributed by atoms with Crippen molar-refractivity contribution in [3.63, 3.8) is 0 Å². The summed E-state index contributed by atoms with van der Waals surface area (Å²) < 4.78 is 20.7. The van der Waals surface area contributed by atoms with Gasteiger partial charge in [-0.25, -0.2) is 4.39 Å². The van der Waals surface area contributed by atoms with Gasteiger partial charge in [0.1, 0.15) is 11.9 Å². The molecule has 5 nitrogen and oxygen atoms in total. The molecule has 36 heavy (non-hydrogen) atoms. The third-order valence-corrected chi connectivity index (χ3v) is 7.70. The Balaban J connectivity index is 1.30. The lowest BCUT2D eigenvalue weighted by atomic mass is 9.81. The summed E-state index contributed by atoms with van der Waals surface area (Å²) in [6.45, 7) is 4.49. The van der Waals surface area contributed by atoms with Crippen LogP contribution in [0.4, 0.5) is 4.39 Å². The van der Waals surface area contributed by atoms with Gasteiger partial charge < -0.3 is 14.7 Å². The predicted molar refractivity (Wildman–Crippen MR) is 141 cm³/mol. The van der Waals surface area contributed by atoms with Crippen molar-refractivity contribution in [3.8, 4) is 5.75 Å². The predicted octanol–water partition coefficient (Wildman–Crippen LogP) is 6.39. The molecule has 1 aliphatic heterocycles. The van der Waals surface area contributed by atoms with E-state index in [1.807, 2.05) is 18.2 Å². The molecule has 1 aliphatic rings. The van der Waals surface area contributed by atoms with Crippen molar-refractivity contribution in [1.82, 2.24) is 9.88 Å². The molecule has 4 rings (SSSR count). The van der Waals surface area contributed by atoms with E-state index in [4.69, 9.17) is 4.74 Å². The molecule has 0 spiro atoms. The van der Waals surface area contributed by atoms with Gasteiger partial charge in [0.15, 0.2) is 0 Å². The van der Waals surface area contributed by atoms with Gasteiger partial charge in [-0.1, -0.05) is 24.3 Å². The van der Waals surface area contributed by atoms with Crippen molar-refractivity contribution < 1.29 is 19.0 Å². The molecular formula is C30H37FN2O3. The number of aromatic nitrogens is 1. The van der Waals surface area contributed by atoms with Crippen LogP contribution < -0.4 is 4.74 Å². The van der Waals surface area contributed by atoms with Crippen LogP contribution >= 0.6 is 0 Å². The lowest BCUT2D eigenvalue weighted by molar-refractivity contribution is -0.146. The second-order valence-corrected chi connectivity index (χ2v) is 10.0. The van der Waals surface area contributed by atoms with E-state index in [1.54, 1.807) is 19.4 Å². The number of benzene rings is 2. The number of unbranched alkanes of at least 4 members (excludes halogenated alkanes) is 1. The second-order valence-electron chi connectivity index (χ2n) is 10.0. The molecule has 3 atom stereocenters. The van der Waals surface area contributed by atoms with Gasteiger partial charge in [-0.05, 0) is 105 Å². The monoisotopic (exact) mass is 492 g/mol. The number of nitrogens with zero attached hydrogens (tertiary/aromatic N) is 2. The molecule has 0 radical (unpaired) electrons. The summed E-state index contributed by atoms with van der Waals surface area (Å²) >= 11 is 0. The molecule has 192 valence electrons. The minimum absolute atomic E-state index is 0.00777. The lowest BCUT2D eigenvalue weighted by Gasteiger charge is -2.37. The topological polar surface area (TPSA) is 62.7 Å². The summed E-state index contributed by atoms with van der Waals surface area (Å²) in [4.78, 5) is 18.7. The minimum atomic E-state index is -1.17. The number of likely N-dealkylation sites (tertiary alicyclic amines) is 1. The smallest absolute Gasteiger partial charge is 0.308 e. The molecule has 0 unspecified atom stereocenters. The molecule has 0 saturated carbocycles. The van der Waals surface area contributed by atoms with E-state index in [1.165, 1.54) is 11.1 Å². The van der Waals surface area contributed by atoms with E-state index in [0.717, 1.165) is 49.7 Å². The van der Waals surface area contributed by atoms with Crippen molar-refractivity contribution in [2.45, 2.75) is 51.6 Å². The fourth-order valence-corrected chi connectivity index (χ4v) is 5.50. The number of fused-ring (bicyclic) bond motifs is 1. The Kier molecular flexibility index (Phi) is 8.92. The molecule has 6 heteroatoms. The molecule has 0 aliphatic carbocycles. The van der Waals surface area contributed by atoms with E-state index < -0.39 is 18.1 Å². The zero-order valence-corrected chi connectivity index (χ0v) is 21.3. The van der Waals surface area contributed by atoms with E-state index in [2.05, 4.69) is 41.1 Å². The zero-order valence-electron chi connectivity index (χ0n) is 21.3. The maximum Gasteiger partial charge on any atom is 0.308 e. The first kappa shape index (κ1) is 26.1. The van der Waals surface area contributed by atoms with Crippen LogP contribution in [0.25, 0.3) is 10.9 Å². The van der Waals surface area contributed by atoms with Crippen LogP contribution in [-0.2, 0) is 11.2 Å². The molecule has 0 amide bonds. The minimum Gasteiger partial charge on any atom is -0.497 e. The number of aryl methyl sites for hydroxylation is 2. The molecule has 3 aromatic rings. The first-order valence-electron chi connectivity index (χ1n) is 13.0. The Morgan fingerprint density at radius 3 is 2.83 bits per heavy atom. The summed E-state index contributed by atoms with van der Waals surface area (Å²) in [5.41, 5.74) is 4.04. The van der Waals surface area contributed by atoms with Crippen LogP contribution in [0.1, 0.15) is 55.0 Å². The fourth-order valence-electron chi connectivity index (χ4n) is 5.50. The Labute approximate surface area is 213 Å². The summed E-state index contributed by atoms with van der Waals surface area (Å²) in [7, 11) is 1.59. The van der Waals surface area contributed by atoms with Crippen LogP contribution in [0.3, 0.4) is 0 Å². The standard InChI is InChI=1S/C30H37FN2O3/c1-21-7-3-4-8-22(21)9-5-6-17-33-18-15-23(27(20-33)30(34)35)10-12-28(31)25-14-16-32-29-13-11-24(36-2)19-26(25)29/h3-4,7-8,11,13-14,16,19,23,27-28H,5-6,9-10,12,15,17-18,20H2,1-2H3,(H,34,35)/t23-,27+,28+/m1/s1. The fraction of sp³-hybridized carbons (Fsp3) is 0.467. The number of aliphatic carboxylic acids is 1. The number of carboxylic acid groups (broad SMARTS) is 1. The lowest BCUT2D eigenvalue weighted by Crippen LogP contribution is -2.44. The average Bonchev–Trinajstić information content (AvgIpc) is 2.90. The summed E-state index contributed by atoms with van der Waals surface area (Å²) in [6.07, 6.45) is 5.33. The molecule has 0 bridgehead atoms. The van der Waals surface area contributed by atoms with Crippen LogP contribution in [0, 0.1) is 18.8 Å². The van der Waals surface area contributed by atoms with Gasteiger partial charge in [0.2, 0.25) is 0 Å². The third kappa shape index (κ3) is 6.41. The maximum absolute atomic E-state index is 15.4. The number of methoxy groups -OCH3 is 1. The van der Waals surface area contributed by atoms with E-state index >= 15 is 4.39 Å². The number of rotatable bonds is 11. The number of piperidine rings is 1. The third-order valence-electron chi connectivity index (χ3n) is 7.70. The number of halogens is 1. The summed E-state index contributed by atoms with van der Waals surface area (Å²) in [5, 5.41) is 10.7. The van der Waals surface area contributed by atoms with E-state index in [0.29, 0.717) is 30.7 Å². The van der Waals surface area contributed by atoms with Gasteiger partial charge in [-0.15, -0.1) is 0 Å². The molecular weight excluding hydrogens is 455 g/mol. The number of hydrogen-bond donors (Lipinski definition) is 1. The number of carbonyl (C=O) groups is 1. The highest BCUT2D eigenvalue weighted by molar-refractivity contribution is 5.83. The Hall–Kier alpha value is -2.99. The Morgan fingerprint density at radius 1 is 1.22 bits per heavy atom. The van der Waals surface area contributed by atoms with Gasteiger partial charge in [0, 0.05) is 18.1 Å². The second kappa shape index (κ2) is 12.3. The van der Waals surface area contributed by atoms with Crippen LogP contribution in [0.5, 0.6) is 5.75 Å². The van der Waals surface area contributed by atoms with E-state index in [-0.39, 0.29) is 5.92 Å². The van der Waals surface area contributed by atoms with Crippen molar-refractivity contribution in [1.29, 1.82) is 0 Å². The zero-order chi connectivity index (χ0) is 25.5. The number of alkyl halides is 1. The number of hydrogen-bond acceptors (Lipinski definition) is 4. The first-order chi connectivity index (χ1) is 17.5.